The van der Waals surface area contributed by atoms with Crippen LogP contribution in [0.5, 0.6) is 17.2 Å². The molecule has 128 valence electrons. The van der Waals surface area contributed by atoms with Crippen molar-refractivity contribution in [3.8, 4) is 17.2 Å². The highest BCUT2D eigenvalue weighted by molar-refractivity contribution is 5.95. The van der Waals surface area contributed by atoms with Gasteiger partial charge in [0.1, 0.15) is 11.3 Å². The second-order valence-electron chi connectivity index (χ2n) is 4.86. The molecule has 1 aromatic rings. The summed E-state index contributed by atoms with van der Waals surface area (Å²) in [6.45, 7) is 3.46. The van der Waals surface area contributed by atoms with Gasteiger partial charge in [0, 0.05) is 18.2 Å². The summed E-state index contributed by atoms with van der Waals surface area (Å²) >= 11 is 0. The summed E-state index contributed by atoms with van der Waals surface area (Å²) in [4.78, 5) is 23.8. The number of esters is 1. The number of hydrogen-bond donors (Lipinski definition) is 1. The van der Waals surface area contributed by atoms with Crippen LogP contribution in [-0.2, 0) is 9.53 Å². The largest absolute Gasteiger partial charge is 0.496 e. The quantitative estimate of drug-likeness (QED) is 0.734. The Kier molecular flexibility index (Phi) is 7.18. The number of hydrogen-bond acceptors (Lipinski definition) is 6. The Hall–Kier alpha value is -2.44. The molecule has 0 fully saturated rings. The van der Waals surface area contributed by atoms with E-state index in [0.29, 0.717) is 11.5 Å². The van der Waals surface area contributed by atoms with Gasteiger partial charge in [-0.25, -0.2) is 4.79 Å². The Morgan fingerprint density at radius 3 is 2.13 bits per heavy atom. The average molecular weight is 325 g/mol. The van der Waals surface area contributed by atoms with E-state index in [1.165, 1.54) is 33.5 Å². The van der Waals surface area contributed by atoms with Gasteiger partial charge in [0.05, 0.1) is 21.3 Å². The maximum Gasteiger partial charge on any atom is 0.342 e. The normalized spacial score (nSPS) is 11.3. The van der Waals surface area contributed by atoms with Crippen molar-refractivity contribution in [2.75, 3.05) is 27.9 Å². The third-order valence-electron chi connectivity index (χ3n) is 3.28. The zero-order chi connectivity index (χ0) is 17.4. The molecule has 1 rings (SSSR count). The number of carbonyl (C=O) groups excluding carboxylic acids is 2. The van der Waals surface area contributed by atoms with E-state index in [9.17, 15) is 9.59 Å². The molecule has 0 aliphatic carbocycles. The standard InChI is InChI=1S/C16H23NO6/c1-6-10(2)17-15(18)9-23-16(19)11-7-13(21-4)14(22-5)8-12(11)20-3/h7-8,10H,6,9H2,1-5H3,(H,17,18)/t10-/m0/s1. The molecule has 0 radical (unpaired) electrons. The predicted octanol–water partition coefficient (Wildman–Crippen LogP) is 1.78. The molecule has 1 aromatic carbocycles. The first-order valence-corrected chi connectivity index (χ1v) is 7.23. The van der Waals surface area contributed by atoms with Gasteiger partial charge in [0.25, 0.3) is 5.91 Å². The van der Waals surface area contributed by atoms with E-state index in [2.05, 4.69) is 5.32 Å². The molecule has 0 aliphatic rings. The van der Waals surface area contributed by atoms with Crippen molar-refractivity contribution < 1.29 is 28.5 Å². The second-order valence-corrected chi connectivity index (χ2v) is 4.86. The van der Waals surface area contributed by atoms with Crippen LogP contribution in [0.4, 0.5) is 0 Å². The van der Waals surface area contributed by atoms with Gasteiger partial charge in [-0.15, -0.1) is 0 Å². The van der Waals surface area contributed by atoms with Crippen LogP contribution >= 0.6 is 0 Å². The van der Waals surface area contributed by atoms with Crippen molar-refractivity contribution in [3.63, 3.8) is 0 Å². The molecular formula is C16H23NO6. The van der Waals surface area contributed by atoms with E-state index in [4.69, 9.17) is 18.9 Å². The topological polar surface area (TPSA) is 83.1 Å². The molecule has 1 atom stereocenters. The van der Waals surface area contributed by atoms with Gasteiger partial charge < -0.3 is 24.3 Å². The molecule has 0 aromatic heterocycles. The Balaban J connectivity index is 2.84. The molecule has 0 spiro atoms. The maximum absolute atomic E-state index is 12.2. The highest BCUT2D eigenvalue weighted by atomic mass is 16.5. The molecule has 7 heteroatoms. The summed E-state index contributed by atoms with van der Waals surface area (Å²) in [6.07, 6.45) is 0.795. The minimum absolute atomic E-state index is 0.0248. The van der Waals surface area contributed by atoms with E-state index in [1.807, 2.05) is 13.8 Å². The molecule has 0 bridgehead atoms. The van der Waals surface area contributed by atoms with Gasteiger partial charge in [-0.05, 0) is 13.3 Å². The molecule has 0 saturated heterocycles. The summed E-state index contributed by atoms with van der Waals surface area (Å²) < 4.78 is 20.5. The van der Waals surface area contributed by atoms with Gasteiger partial charge in [0.2, 0.25) is 0 Å². The zero-order valence-corrected chi connectivity index (χ0v) is 14.1. The first-order valence-electron chi connectivity index (χ1n) is 7.23. The first kappa shape index (κ1) is 18.6. The Morgan fingerprint density at radius 2 is 1.61 bits per heavy atom. The fourth-order valence-corrected chi connectivity index (χ4v) is 1.82. The van der Waals surface area contributed by atoms with Crippen LogP contribution in [0.15, 0.2) is 12.1 Å². The van der Waals surface area contributed by atoms with Crippen LogP contribution in [-0.4, -0.2) is 45.9 Å². The predicted molar refractivity (Wildman–Crippen MR) is 84.3 cm³/mol. The Labute approximate surface area is 135 Å². The number of carbonyl (C=O) groups is 2. The fourth-order valence-electron chi connectivity index (χ4n) is 1.82. The maximum atomic E-state index is 12.2. The molecular weight excluding hydrogens is 302 g/mol. The van der Waals surface area contributed by atoms with Gasteiger partial charge in [0.15, 0.2) is 18.1 Å². The lowest BCUT2D eigenvalue weighted by atomic mass is 10.1. The highest BCUT2D eigenvalue weighted by Gasteiger charge is 2.20. The molecule has 1 N–H and O–H groups in total. The van der Waals surface area contributed by atoms with Crippen LogP contribution < -0.4 is 19.5 Å². The van der Waals surface area contributed by atoms with Crippen LogP contribution in [0, 0.1) is 0 Å². The second kappa shape index (κ2) is 8.87. The number of benzene rings is 1. The minimum atomic E-state index is -0.679. The minimum Gasteiger partial charge on any atom is -0.496 e. The van der Waals surface area contributed by atoms with Gasteiger partial charge in [-0.3, -0.25) is 4.79 Å². The Morgan fingerprint density at radius 1 is 1.04 bits per heavy atom. The van der Waals surface area contributed by atoms with E-state index in [-0.39, 0.29) is 29.9 Å². The molecule has 23 heavy (non-hydrogen) atoms. The van der Waals surface area contributed by atoms with Crippen LogP contribution in [0.3, 0.4) is 0 Å². The number of methoxy groups -OCH3 is 3. The fraction of sp³-hybridized carbons (Fsp3) is 0.500. The van der Waals surface area contributed by atoms with E-state index in [0.717, 1.165) is 6.42 Å². The average Bonchev–Trinajstić information content (AvgIpc) is 2.57. The van der Waals surface area contributed by atoms with Crippen molar-refractivity contribution in [2.24, 2.45) is 0 Å². The Bertz CT molecular complexity index is 558. The lowest BCUT2D eigenvalue weighted by molar-refractivity contribution is -0.124. The van der Waals surface area contributed by atoms with E-state index in [1.54, 1.807) is 0 Å². The van der Waals surface area contributed by atoms with Crippen molar-refractivity contribution in [1.82, 2.24) is 5.32 Å². The van der Waals surface area contributed by atoms with Gasteiger partial charge in [-0.2, -0.15) is 0 Å². The SMILES string of the molecule is CC[C@H](C)NC(=O)COC(=O)c1cc(OC)c(OC)cc1OC. The molecule has 0 unspecified atom stereocenters. The number of nitrogens with one attached hydrogen (secondary N) is 1. The molecule has 1 amide bonds. The molecule has 7 nitrogen and oxygen atoms in total. The lowest BCUT2D eigenvalue weighted by Crippen LogP contribution is -2.35. The first-order chi connectivity index (χ1) is 11.0. The summed E-state index contributed by atoms with van der Waals surface area (Å²) in [5.74, 6) is 0.0314. The van der Waals surface area contributed by atoms with Crippen molar-refractivity contribution >= 4 is 11.9 Å². The lowest BCUT2D eigenvalue weighted by Gasteiger charge is -2.14. The van der Waals surface area contributed by atoms with Crippen molar-refractivity contribution in [3.05, 3.63) is 17.7 Å². The summed E-state index contributed by atoms with van der Waals surface area (Å²) in [5, 5.41) is 2.71. The van der Waals surface area contributed by atoms with Crippen molar-refractivity contribution in [2.45, 2.75) is 26.3 Å². The van der Waals surface area contributed by atoms with Crippen LogP contribution in [0.2, 0.25) is 0 Å². The van der Waals surface area contributed by atoms with Crippen LogP contribution in [0.1, 0.15) is 30.6 Å². The van der Waals surface area contributed by atoms with Crippen LogP contribution in [0.25, 0.3) is 0 Å². The third-order valence-corrected chi connectivity index (χ3v) is 3.28. The van der Waals surface area contributed by atoms with E-state index >= 15 is 0 Å². The molecule has 0 heterocycles. The van der Waals surface area contributed by atoms with Crippen molar-refractivity contribution in [1.29, 1.82) is 0 Å². The monoisotopic (exact) mass is 325 g/mol. The summed E-state index contributed by atoms with van der Waals surface area (Å²) in [6, 6.07) is 3.00. The number of ether oxygens (including phenoxy) is 4. The number of amides is 1. The highest BCUT2D eigenvalue weighted by Crippen LogP contribution is 2.34. The van der Waals surface area contributed by atoms with Gasteiger partial charge in [-0.1, -0.05) is 6.92 Å². The summed E-state index contributed by atoms with van der Waals surface area (Å²) in [5.41, 5.74) is 0.154. The number of rotatable bonds is 8. The smallest absolute Gasteiger partial charge is 0.342 e. The summed E-state index contributed by atoms with van der Waals surface area (Å²) in [7, 11) is 4.36. The third kappa shape index (κ3) is 5.05. The zero-order valence-electron chi connectivity index (χ0n) is 14.1. The van der Waals surface area contributed by atoms with E-state index < -0.39 is 5.97 Å². The molecule has 0 saturated carbocycles. The molecule has 0 aliphatic heterocycles. The van der Waals surface area contributed by atoms with Gasteiger partial charge >= 0.3 is 5.97 Å².